The summed E-state index contributed by atoms with van der Waals surface area (Å²) in [6.45, 7) is 2.08. The molecule has 1 aliphatic carbocycles. The van der Waals surface area contributed by atoms with Crippen molar-refractivity contribution < 1.29 is 9.53 Å². The van der Waals surface area contributed by atoms with Crippen molar-refractivity contribution in [2.45, 2.75) is 51.1 Å². The van der Waals surface area contributed by atoms with E-state index in [1.165, 1.54) is 45.1 Å². The summed E-state index contributed by atoms with van der Waals surface area (Å²) in [5.74, 6) is 1.78. The highest BCUT2D eigenvalue weighted by Gasteiger charge is 2.33. The van der Waals surface area contributed by atoms with Crippen LogP contribution in [0, 0.1) is 5.92 Å². The van der Waals surface area contributed by atoms with Crippen LogP contribution in [-0.4, -0.2) is 30.9 Å². The molecule has 1 aromatic carbocycles. The highest BCUT2D eigenvalue weighted by Crippen LogP contribution is 2.36. The Balaban J connectivity index is 1.79. The molecule has 1 aliphatic heterocycles. The lowest BCUT2D eigenvalue weighted by molar-refractivity contribution is 0.0541. The highest BCUT2D eigenvalue weighted by atomic mass is 16.5. The van der Waals surface area contributed by atoms with Crippen LogP contribution in [0.5, 0.6) is 5.75 Å². The molecule has 3 rings (SSSR count). The molecule has 1 saturated carbocycles. The monoisotopic (exact) mass is 287 g/mol. The molecule has 3 heteroatoms. The van der Waals surface area contributed by atoms with Gasteiger partial charge in [-0.3, -0.25) is 9.69 Å². The molecule has 0 aromatic heterocycles. The van der Waals surface area contributed by atoms with Gasteiger partial charge in [0.1, 0.15) is 12.0 Å². The summed E-state index contributed by atoms with van der Waals surface area (Å²) >= 11 is 0. The molecule has 21 heavy (non-hydrogen) atoms. The quantitative estimate of drug-likeness (QED) is 0.791. The number of benzene rings is 1. The number of rotatable bonds is 4. The minimum atomic E-state index is 0.733. The molecular weight excluding hydrogens is 262 g/mol. The Morgan fingerprint density at radius 1 is 1.24 bits per heavy atom. The van der Waals surface area contributed by atoms with E-state index in [0.29, 0.717) is 0 Å². The molecule has 2 unspecified atom stereocenters. The van der Waals surface area contributed by atoms with E-state index in [0.717, 1.165) is 41.7 Å². The lowest BCUT2D eigenvalue weighted by atomic mass is 9.78. The maximum absolute atomic E-state index is 11.0. The first-order valence-corrected chi connectivity index (χ1v) is 8.18. The molecule has 0 radical (unpaired) electrons. The SMILES string of the molecule is COc1ccc(C=O)cc1CN1CCCC2CCCCC21. The van der Waals surface area contributed by atoms with Gasteiger partial charge in [-0.05, 0) is 56.3 Å². The van der Waals surface area contributed by atoms with Crippen LogP contribution in [-0.2, 0) is 6.54 Å². The van der Waals surface area contributed by atoms with E-state index in [2.05, 4.69) is 4.90 Å². The largest absolute Gasteiger partial charge is 0.496 e. The summed E-state index contributed by atoms with van der Waals surface area (Å²) in [6.07, 6.45) is 9.11. The zero-order valence-corrected chi connectivity index (χ0v) is 12.9. The molecule has 0 bridgehead atoms. The van der Waals surface area contributed by atoms with Gasteiger partial charge in [0.25, 0.3) is 0 Å². The molecule has 2 fully saturated rings. The average Bonchev–Trinajstić information content (AvgIpc) is 2.55. The number of methoxy groups -OCH3 is 1. The molecule has 1 aromatic rings. The number of hydrogen-bond acceptors (Lipinski definition) is 3. The first-order valence-electron chi connectivity index (χ1n) is 8.18. The van der Waals surface area contributed by atoms with Gasteiger partial charge in [0.05, 0.1) is 7.11 Å². The van der Waals surface area contributed by atoms with Crippen LogP contribution in [0.3, 0.4) is 0 Å². The number of hydrogen-bond donors (Lipinski definition) is 0. The summed E-state index contributed by atoms with van der Waals surface area (Å²) < 4.78 is 5.48. The third-order valence-corrected chi connectivity index (χ3v) is 5.17. The van der Waals surface area contributed by atoms with Gasteiger partial charge in [-0.25, -0.2) is 0 Å². The first-order chi connectivity index (χ1) is 10.3. The normalized spacial score (nSPS) is 26.1. The molecule has 0 spiro atoms. The van der Waals surface area contributed by atoms with Crippen molar-refractivity contribution in [2.24, 2.45) is 5.92 Å². The number of carbonyl (C=O) groups excluding carboxylic acids is 1. The van der Waals surface area contributed by atoms with Crippen molar-refractivity contribution in [1.29, 1.82) is 0 Å². The minimum absolute atomic E-state index is 0.733. The molecule has 1 heterocycles. The predicted octanol–water partition coefficient (Wildman–Crippen LogP) is 3.66. The Kier molecular flexibility index (Phi) is 4.59. The van der Waals surface area contributed by atoms with Gasteiger partial charge in [0.2, 0.25) is 0 Å². The number of nitrogens with zero attached hydrogens (tertiary/aromatic N) is 1. The van der Waals surface area contributed by atoms with E-state index in [4.69, 9.17) is 4.74 Å². The Morgan fingerprint density at radius 3 is 2.86 bits per heavy atom. The van der Waals surface area contributed by atoms with E-state index < -0.39 is 0 Å². The zero-order chi connectivity index (χ0) is 14.7. The van der Waals surface area contributed by atoms with Crippen molar-refractivity contribution >= 4 is 6.29 Å². The summed E-state index contributed by atoms with van der Waals surface area (Å²) in [4.78, 5) is 13.6. The van der Waals surface area contributed by atoms with Crippen molar-refractivity contribution in [3.8, 4) is 5.75 Å². The van der Waals surface area contributed by atoms with Gasteiger partial charge >= 0.3 is 0 Å². The van der Waals surface area contributed by atoms with Crippen LogP contribution >= 0.6 is 0 Å². The number of fused-ring (bicyclic) bond motifs is 1. The second-order valence-corrected chi connectivity index (χ2v) is 6.41. The summed E-state index contributed by atoms with van der Waals surface area (Å²) in [6, 6.07) is 6.46. The lowest BCUT2D eigenvalue weighted by Gasteiger charge is -2.44. The molecule has 2 aliphatic rings. The van der Waals surface area contributed by atoms with Gasteiger partial charge in [-0.1, -0.05) is 12.8 Å². The predicted molar refractivity (Wildman–Crippen MR) is 83.8 cm³/mol. The van der Waals surface area contributed by atoms with E-state index >= 15 is 0 Å². The second-order valence-electron chi connectivity index (χ2n) is 6.41. The summed E-state index contributed by atoms with van der Waals surface area (Å²) in [5, 5.41) is 0. The number of ether oxygens (including phenoxy) is 1. The maximum atomic E-state index is 11.0. The van der Waals surface area contributed by atoms with Crippen LogP contribution in [0.15, 0.2) is 18.2 Å². The van der Waals surface area contributed by atoms with Crippen molar-refractivity contribution in [1.82, 2.24) is 4.90 Å². The number of piperidine rings is 1. The fraction of sp³-hybridized carbons (Fsp3) is 0.611. The third kappa shape index (κ3) is 3.13. The fourth-order valence-electron chi connectivity index (χ4n) is 4.14. The smallest absolute Gasteiger partial charge is 0.150 e. The van der Waals surface area contributed by atoms with E-state index in [1.807, 2.05) is 18.2 Å². The minimum Gasteiger partial charge on any atom is -0.496 e. The van der Waals surface area contributed by atoms with Crippen LogP contribution < -0.4 is 4.74 Å². The van der Waals surface area contributed by atoms with Crippen molar-refractivity contribution in [3.63, 3.8) is 0 Å². The molecule has 1 saturated heterocycles. The van der Waals surface area contributed by atoms with Crippen LogP contribution in [0.25, 0.3) is 0 Å². The number of aldehydes is 1. The van der Waals surface area contributed by atoms with E-state index in [1.54, 1.807) is 7.11 Å². The third-order valence-electron chi connectivity index (χ3n) is 5.17. The maximum Gasteiger partial charge on any atom is 0.150 e. The molecule has 0 amide bonds. The van der Waals surface area contributed by atoms with Crippen molar-refractivity contribution in [3.05, 3.63) is 29.3 Å². The van der Waals surface area contributed by atoms with Gasteiger partial charge in [0.15, 0.2) is 0 Å². The average molecular weight is 287 g/mol. The summed E-state index contributed by atoms with van der Waals surface area (Å²) in [7, 11) is 1.71. The summed E-state index contributed by atoms with van der Waals surface area (Å²) in [5.41, 5.74) is 1.89. The fourth-order valence-corrected chi connectivity index (χ4v) is 4.14. The van der Waals surface area contributed by atoms with Gasteiger partial charge in [-0.2, -0.15) is 0 Å². The Bertz CT molecular complexity index is 498. The molecular formula is C18H25NO2. The molecule has 3 nitrogen and oxygen atoms in total. The van der Waals surface area contributed by atoms with Crippen molar-refractivity contribution in [2.75, 3.05) is 13.7 Å². The Labute approximate surface area is 127 Å². The van der Waals surface area contributed by atoms with Crippen LogP contribution in [0.2, 0.25) is 0 Å². The lowest BCUT2D eigenvalue weighted by Crippen LogP contribution is -2.46. The highest BCUT2D eigenvalue weighted by molar-refractivity contribution is 5.75. The van der Waals surface area contributed by atoms with Gasteiger partial charge in [0, 0.05) is 23.7 Å². The van der Waals surface area contributed by atoms with Crippen LogP contribution in [0.1, 0.15) is 54.4 Å². The van der Waals surface area contributed by atoms with E-state index in [-0.39, 0.29) is 0 Å². The van der Waals surface area contributed by atoms with Gasteiger partial charge < -0.3 is 4.74 Å². The van der Waals surface area contributed by atoms with Crippen LogP contribution in [0.4, 0.5) is 0 Å². The zero-order valence-electron chi connectivity index (χ0n) is 12.9. The molecule has 0 N–H and O–H groups in total. The Morgan fingerprint density at radius 2 is 2.05 bits per heavy atom. The topological polar surface area (TPSA) is 29.5 Å². The van der Waals surface area contributed by atoms with E-state index in [9.17, 15) is 4.79 Å². The first kappa shape index (κ1) is 14.6. The number of likely N-dealkylation sites (tertiary alicyclic amines) is 1. The van der Waals surface area contributed by atoms with Gasteiger partial charge in [-0.15, -0.1) is 0 Å². The standard InChI is InChI=1S/C18H25NO2/c1-21-18-9-8-14(13-20)11-16(18)12-19-10-4-6-15-5-2-3-7-17(15)19/h8-9,11,13,15,17H,2-7,10,12H2,1H3. The molecule has 2 atom stereocenters. The Hall–Kier alpha value is -1.35. The number of carbonyl (C=O) groups is 1. The second kappa shape index (κ2) is 6.61. The molecule has 114 valence electrons.